The molecule has 1 unspecified atom stereocenters. The number of hydrogen-bond acceptors (Lipinski definition) is 4. The number of nitrogens with zero attached hydrogens (tertiary/aromatic N) is 3. The molecule has 1 aromatic heterocycles. The van der Waals surface area contributed by atoms with Gasteiger partial charge < -0.3 is 4.90 Å². The second kappa shape index (κ2) is 4.15. The molecule has 6 nitrogen and oxygen atoms in total. The number of likely N-dealkylation sites (tertiary alicyclic amines) is 1. The van der Waals surface area contributed by atoms with Gasteiger partial charge in [-0.3, -0.25) is 24.3 Å². The first-order valence-corrected chi connectivity index (χ1v) is 6.18. The summed E-state index contributed by atoms with van der Waals surface area (Å²) in [4.78, 5) is 42.6. The van der Waals surface area contributed by atoms with Crippen molar-refractivity contribution in [3.8, 4) is 0 Å². The topological polar surface area (TPSA) is 70.6 Å². The summed E-state index contributed by atoms with van der Waals surface area (Å²) in [6, 6.07) is 3.02. The third-order valence-electron chi connectivity index (χ3n) is 3.65. The zero-order valence-electron chi connectivity index (χ0n) is 10.5. The Morgan fingerprint density at radius 1 is 1.37 bits per heavy atom. The molecule has 6 heteroatoms. The number of hydrogen-bond donors (Lipinski definition) is 0. The maximum absolute atomic E-state index is 12.2. The highest BCUT2D eigenvalue weighted by atomic mass is 16.2. The molecule has 1 saturated heterocycles. The summed E-state index contributed by atoms with van der Waals surface area (Å²) in [7, 11) is 0. The molecule has 0 N–H and O–H groups in total. The molecule has 3 heterocycles. The molecule has 0 bridgehead atoms. The van der Waals surface area contributed by atoms with Crippen molar-refractivity contribution in [1.29, 1.82) is 0 Å². The van der Waals surface area contributed by atoms with E-state index >= 15 is 0 Å². The van der Waals surface area contributed by atoms with E-state index in [9.17, 15) is 14.4 Å². The molecule has 0 aromatic carbocycles. The maximum atomic E-state index is 12.2. The van der Waals surface area contributed by atoms with Crippen LogP contribution in [0.3, 0.4) is 0 Å². The van der Waals surface area contributed by atoms with Crippen molar-refractivity contribution in [2.45, 2.75) is 19.4 Å². The SMILES string of the molecule is CC(=O)N1CCC(N2C(=O)c3cccnc3C2=O)C1. The van der Waals surface area contributed by atoms with Crippen molar-refractivity contribution in [2.24, 2.45) is 0 Å². The molecule has 19 heavy (non-hydrogen) atoms. The van der Waals surface area contributed by atoms with Gasteiger partial charge in [0.2, 0.25) is 5.91 Å². The van der Waals surface area contributed by atoms with Gasteiger partial charge in [-0.05, 0) is 18.6 Å². The molecule has 3 amide bonds. The van der Waals surface area contributed by atoms with Crippen LogP contribution in [0.4, 0.5) is 0 Å². The van der Waals surface area contributed by atoms with Gasteiger partial charge >= 0.3 is 0 Å². The first kappa shape index (κ1) is 11.8. The molecule has 2 aliphatic rings. The fraction of sp³-hybridized carbons (Fsp3) is 0.385. The summed E-state index contributed by atoms with van der Waals surface area (Å²) < 4.78 is 0. The lowest BCUT2D eigenvalue weighted by Gasteiger charge is -2.21. The van der Waals surface area contributed by atoms with Crippen molar-refractivity contribution in [3.63, 3.8) is 0 Å². The number of carbonyl (C=O) groups excluding carboxylic acids is 3. The van der Waals surface area contributed by atoms with Crippen LogP contribution in [0, 0.1) is 0 Å². The summed E-state index contributed by atoms with van der Waals surface area (Å²) in [5, 5.41) is 0. The molecule has 1 aromatic rings. The van der Waals surface area contributed by atoms with Crippen LogP contribution in [0.5, 0.6) is 0 Å². The zero-order chi connectivity index (χ0) is 13.6. The third-order valence-corrected chi connectivity index (χ3v) is 3.65. The molecular formula is C13H13N3O3. The molecule has 0 aliphatic carbocycles. The average Bonchev–Trinajstić information content (AvgIpc) is 2.96. The van der Waals surface area contributed by atoms with Gasteiger partial charge in [0, 0.05) is 26.2 Å². The van der Waals surface area contributed by atoms with Crippen LogP contribution in [0.25, 0.3) is 0 Å². The van der Waals surface area contributed by atoms with Crippen molar-refractivity contribution in [2.75, 3.05) is 13.1 Å². The quantitative estimate of drug-likeness (QED) is 0.680. The molecular weight excluding hydrogens is 246 g/mol. The third kappa shape index (κ3) is 1.71. The Morgan fingerprint density at radius 3 is 2.79 bits per heavy atom. The van der Waals surface area contributed by atoms with E-state index in [4.69, 9.17) is 0 Å². The van der Waals surface area contributed by atoms with Crippen molar-refractivity contribution < 1.29 is 14.4 Å². The van der Waals surface area contributed by atoms with Gasteiger partial charge in [-0.2, -0.15) is 0 Å². The largest absolute Gasteiger partial charge is 0.341 e. The van der Waals surface area contributed by atoms with E-state index in [1.165, 1.54) is 18.0 Å². The van der Waals surface area contributed by atoms with E-state index in [0.717, 1.165) is 0 Å². The van der Waals surface area contributed by atoms with E-state index in [2.05, 4.69) is 4.98 Å². The van der Waals surface area contributed by atoms with Crippen LogP contribution in [0.2, 0.25) is 0 Å². The first-order chi connectivity index (χ1) is 9.09. The molecule has 1 atom stereocenters. The van der Waals surface area contributed by atoms with Gasteiger partial charge in [-0.15, -0.1) is 0 Å². The fourth-order valence-corrected chi connectivity index (χ4v) is 2.65. The highest BCUT2D eigenvalue weighted by molar-refractivity contribution is 6.20. The Morgan fingerprint density at radius 2 is 2.16 bits per heavy atom. The van der Waals surface area contributed by atoms with Gasteiger partial charge in [0.15, 0.2) is 0 Å². The van der Waals surface area contributed by atoms with E-state index in [1.54, 1.807) is 17.0 Å². The second-order valence-electron chi connectivity index (χ2n) is 4.79. The second-order valence-corrected chi connectivity index (χ2v) is 4.79. The van der Waals surface area contributed by atoms with Crippen LogP contribution < -0.4 is 0 Å². The van der Waals surface area contributed by atoms with Gasteiger partial charge in [0.05, 0.1) is 11.6 Å². The Labute approximate surface area is 110 Å². The predicted molar refractivity (Wildman–Crippen MR) is 65.4 cm³/mol. The predicted octanol–water partition coefficient (Wildman–Crippen LogP) is 0.298. The minimum Gasteiger partial charge on any atom is -0.341 e. The van der Waals surface area contributed by atoms with Gasteiger partial charge in [-0.1, -0.05) is 0 Å². The summed E-state index contributed by atoms with van der Waals surface area (Å²) in [5.41, 5.74) is 0.572. The summed E-state index contributed by atoms with van der Waals surface area (Å²) in [6.45, 7) is 2.49. The fourth-order valence-electron chi connectivity index (χ4n) is 2.65. The Bertz CT molecular complexity index is 549. The first-order valence-electron chi connectivity index (χ1n) is 6.18. The molecule has 0 radical (unpaired) electrons. The van der Waals surface area contributed by atoms with Gasteiger partial charge in [0.1, 0.15) is 5.69 Å². The molecule has 2 aliphatic heterocycles. The monoisotopic (exact) mass is 259 g/mol. The Kier molecular flexibility index (Phi) is 2.58. The van der Waals surface area contributed by atoms with E-state index < -0.39 is 0 Å². The molecule has 1 fully saturated rings. The zero-order valence-corrected chi connectivity index (χ0v) is 10.5. The van der Waals surface area contributed by atoms with Crippen molar-refractivity contribution in [3.05, 3.63) is 29.6 Å². The number of fused-ring (bicyclic) bond motifs is 1. The van der Waals surface area contributed by atoms with Crippen LogP contribution >= 0.6 is 0 Å². The Balaban J connectivity index is 1.87. The number of carbonyl (C=O) groups is 3. The summed E-state index contributed by atoms with van der Waals surface area (Å²) in [6.07, 6.45) is 2.13. The average molecular weight is 259 g/mol. The van der Waals surface area contributed by atoms with E-state index in [0.29, 0.717) is 25.1 Å². The molecule has 0 saturated carbocycles. The van der Waals surface area contributed by atoms with E-state index in [1.807, 2.05) is 0 Å². The van der Waals surface area contributed by atoms with Crippen LogP contribution in [-0.4, -0.2) is 51.6 Å². The van der Waals surface area contributed by atoms with Crippen LogP contribution in [0.1, 0.15) is 34.2 Å². The lowest BCUT2D eigenvalue weighted by atomic mass is 10.2. The number of imide groups is 1. The number of pyridine rings is 1. The number of amides is 3. The summed E-state index contributed by atoms with van der Waals surface area (Å²) >= 11 is 0. The highest BCUT2D eigenvalue weighted by Crippen LogP contribution is 2.26. The minimum atomic E-state index is -0.351. The van der Waals surface area contributed by atoms with Crippen molar-refractivity contribution >= 4 is 17.7 Å². The highest BCUT2D eigenvalue weighted by Gasteiger charge is 2.43. The standard InChI is InChI=1S/C13H13N3O3/c1-8(17)15-6-4-9(7-15)16-12(18)10-3-2-5-14-11(10)13(16)19/h2-3,5,9H,4,6-7H2,1H3. The molecule has 3 rings (SSSR count). The Hall–Kier alpha value is -2.24. The molecule has 0 spiro atoms. The van der Waals surface area contributed by atoms with Gasteiger partial charge in [0.25, 0.3) is 11.8 Å². The summed E-state index contributed by atoms with van der Waals surface area (Å²) in [5.74, 6) is -0.684. The normalized spacial score (nSPS) is 22.1. The number of rotatable bonds is 1. The lowest BCUT2D eigenvalue weighted by Crippen LogP contribution is -2.42. The van der Waals surface area contributed by atoms with Crippen molar-refractivity contribution in [1.82, 2.24) is 14.8 Å². The van der Waals surface area contributed by atoms with E-state index in [-0.39, 0.29) is 29.5 Å². The smallest absolute Gasteiger partial charge is 0.280 e. The minimum absolute atomic E-state index is 0.0303. The molecule has 98 valence electrons. The van der Waals surface area contributed by atoms with Crippen LogP contribution in [-0.2, 0) is 4.79 Å². The lowest BCUT2D eigenvalue weighted by molar-refractivity contribution is -0.127. The van der Waals surface area contributed by atoms with Crippen LogP contribution in [0.15, 0.2) is 18.3 Å². The van der Waals surface area contributed by atoms with Gasteiger partial charge in [-0.25, -0.2) is 0 Å². The number of aromatic nitrogens is 1. The maximum Gasteiger partial charge on any atom is 0.280 e.